The molecule has 2 N–H and O–H groups in total. The summed E-state index contributed by atoms with van der Waals surface area (Å²) in [6, 6.07) is 5.99. The Morgan fingerprint density at radius 3 is 2.10 bits per heavy atom. The first kappa shape index (κ1) is 15.0. The highest BCUT2D eigenvalue weighted by Gasteiger charge is 2.39. The lowest BCUT2D eigenvalue weighted by Gasteiger charge is -2.31. The first-order valence-corrected chi connectivity index (χ1v) is 6.60. The van der Waals surface area contributed by atoms with Crippen molar-refractivity contribution >= 4 is 17.6 Å². The van der Waals surface area contributed by atoms with Crippen LogP contribution in [0.5, 0.6) is 0 Å². The summed E-state index contributed by atoms with van der Waals surface area (Å²) in [4.78, 5) is 32.4. The Morgan fingerprint density at radius 2 is 1.62 bits per heavy atom. The van der Waals surface area contributed by atoms with Crippen molar-refractivity contribution < 1.29 is 24.7 Å². The van der Waals surface area contributed by atoms with Crippen molar-refractivity contribution in [2.75, 3.05) is 0 Å². The van der Waals surface area contributed by atoms with Crippen molar-refractivity contribution in [2.24, 2.45) is 11.8 Å². The number of nitrogens with zero attached hydrogens (tertiary/aromatic N) is 1. The lowest BCUT2D eigenvalue weighted by molar-refractivity contribution is -0.384. The Balaban J connectivity index is 2.17. The van der Waals surface area contributed by atoms with Gasteiger partial charge in [0.1, 0.15) is 0 Å². The van der Waals surface area contributed by atoms with Crippen LogP contribution in [0.4, 0.5) is 5.69 Å². The van der Waals surface area contributed by atoms with E-state index in [-0.39, 0.29) is 18.0 Å². The summed E-state index contributed by atoms with van der Waals surface area (Å²) in [5.74, 6) is -4.05. The third kappa shape index (κ3) is 3.18. The van der Waals surface area contributed by atoms with Gasteiger partial charge in [0.05, 0.1) is 16.8 Å². The van der Waals surface area contributed by atoms with E-state index < -0.39 is 28.7 Å². The molecule has 3 atom stereocenters. The van der Waals surface area contributed by atoms with Crippen LogP contribution < -0.4 is 0 Å². The maximum Gasteiger partial charge on any atom is 0.307 e. The van der Waals surface area contributed by atoms with E-state index in [1.165, 1.54) is 12.1 Å². The van der Waals surface area contributed by atoms with E-state index in [1.54, 1.807) is 12.1 Å². The number of non-ortho nitro benzene ring substituents is 1. The monoisotopic (exact) mass is 293 g/mol. The zero-order valence-corrected chi connectivity index (χ0v) is 11.1. The normalized spacial score (nSPS) is 25.2. The molecule has 0 unspecified atom stereocenters. The Morgan fingerprint density at radius 1 is 1.05 bits per heavy atom. The van der Waals surface area contributed by atoms with E-state index in [9.17, 15) is 24.8 Å². The highest BCUT2D eigenvalue weighted by Crippen LogP contribution is 2.40. The minimum absolute atomic E-state index is 0.0206. The fourth-order valence-corrected chi connectivity index (χ4v) is 2.91. The van der Waals surface area contributed by atoms with Gasteiger partial charge in [0.25, 0.3) is 5.69 Å². The van der Waals surface area contributed by atoms with Gasteiger partial charge in [-0.2, -0.15) is 0 Å². The molecule has 0 spiro atoms. The number of carboxylic acid groups (broad SMARTS) is 2. The standard InChI is InChI=1S/C14H15NO6/c16-13(17)11-6-3-9(7-12(11)14(18)19)8-1-4-10(5-2-8)15(20)21/h1-2,4-5,9,11-12H,3,6-7H2,(H,16,17)(H,18,19)/t9-,11+,12+/m0/s1. The number of hydrogen-bond acceptors (Lipinski definition) is 4. The van der Waals surface area contributed by atoms with Gasteiger partial charge in [-0.25, -0.2) is 0 Å². The fraction of sp³-hybridized carbons (Fsp3) is 0.429. The van der Waals surface area contributed by atoms with E-state index in [1.807, 2.05) is 0 Å². The van der Waals surface area contributed by atoms with E-state index in [2.05, 4.69) is 0 Å². The SMILES string of the molecule is O=C(O)[C@@H]1CC[C@H](c2ccc([N+](=O)[O-])cc2)C[C@H]1C(=O)O. The van der Waals surface area contributed by atoms with Crippen molar-refractivity contribution in [1.82, 2.24) is 0 Å². The minimum Gasteiger partial charge on any atom is -0.481 e. The van der Waals surface area contributed by atoms with Crippen LogP contribution in [0.25, 0.3) is 0 Å². The summed E-state index contributed by atoms with van der Waals surface area (Å²) in [6.45, 7) is 0. The molecule has 1 aliphatic rings. The van der Waals surface area contributed by atoms with Crippen molar-refractivity contribution in [1.29, 1.82) is 0 Å². The first-order chi connectivity index (χ1) is 9.90. The average molecular weight is 293 g/mol. The molecule has 2 rings (SSSR count). The molecule has 0 aromatic heterocycles. The minimum atomic E-state index is -1.10. The second-order valence-electron chi connectivity index (χ2n) is 5.25. The molecule has 1 fully saturated rings. The lowest BCUT2D eigenvalue weighted by atomic mass is 9.72. The largest absolute Gasteiger partial charge is 0.481 e. The number of nitro groups is 1. The molecular formula is C14H15NO6. The molecule has 0 bridgehead atoms. The summed E-state index contributed by atoms with van der Waals surface area (Å²) >= 11 is 0. The Bertz CT molecular complexity index is 567. The molecular weight excluding hydrogens is 278 g/mol. The van der Waals surface area contributed by atoms with Crippen LogP contribution in [0.15, 0.2) is 24.3 Å². The van der Waals surface area contributed by atoms with Crippen LogP contribution in [-0.2, 0) is 9.59 Å². The van der Waals surface area contributed by atoms with Crippen LogP contribution in [0.2, 0.25) is 0 Å². The molecule has 0 aliphatic heterocycles. The van der Waals surface area contributed by atoms with Crippen LogP contribution >= 0.6 is 0 Å². The number of carbonyl (C=O) groups is 2. The number of carboxylic acids is 2. The summed E-state index contributed by atoms with van der Waals surface area (Å²) in [6.07, 6.45) is 1.11. The molecule has 0 heterocycles. The van der Waals surface area contributed by atoms with Gasteiger partial charge in [0.2, 0.25) is 0 Å². The Hall–Kier alpha value is -2.44. The molecule has 1 aliphatic carbocycles. The molecule has 112 valence electrons. The average Bonchev–Trinajstić information content (AvgIpc) is 2.46. The fourth-order valence-electron chi connectivity index (χ4n) is 2.91. The molecule has 1 saturated carbocycles. The van der Waals surface area contributed by atoms with E-state index in [4.69, 9.17) is 5.11 Å². The molecule has 1 aromatic carbocycles. The number of nitro benzene ring substituents is 1. The molecule has 21 heavy (non-hydrogen) atoms. The predicted octanol–water partition coefficient (Wildman–Crippen LogP) is 2.26. The second-order valence-corrected chi connectivity index (χ2v) is 5.25. The number of rotatable bonds is 4. The predicted molar refractivity (Wildman–Crippen MR) is 71.9 cm³/mol. The Kier molecular flexibility index (Phi) is 4.21. The van der Waals surface area contributed by atoms with Crippen molar-refractivity contribution in [3.8, 4) is 0 Å². The van der Waals surface area contributed by atoms with Gasteiger partial charge in [0, 0.05) is 12.1 Å². The molecule has 1 aromatic rings. The summed E-state index contributed by atoms with van der Waals surface area (Å²) in [7, 11) is 0. The van der Waals surface area contributed by atoms with Crippen LogP contribution in [0, 0.1) is 22.0 Å². The number of aliphatic carboxylic acids is 2. The van der Waals surface area contributed by atoms with Gasteiger partial charge in [-0.15, -0.1) is 0 Å². The second kappa shape index (κ2) is 5.90. The maximum atomic E-state index is 11.2. The van der Waals surface area contributed by atoms with Crippen LogP contribution in [0.1, 0.15) is 30.7 Å². The van der Waals surface area contributed by atoms with Crippen LogP contribution in [-0.4, -0.2) is 27.1 Å². The third-order valence-corrected chi connectivity index (χ3v) is 4.06. The van der Waals surface area contributed by atoms with Crippen molar-refractivity contribution in [2.45, 2.75) is 25.2 Å². The van der Waals surface area contributed by atoms with Crippen LogP contribution in [0.3, 0.4) is 0 Å². The molecule has 7 heteroatoms. The highest BCUT2D eigenvalue weighted by atomic mass is 16.6. The van der Waals surface area contributed by atoms with Gasteiger partial charge < -0.3 is 10.2 Å². The van der Waals surface area contributed by atoms with Gasteiger partial charge in [-0.3, -0.25) is 19.7 Å². The zero-order chi connectivity index (χ0) is 15.6. The third-order valence-electron chi connectivity index (χ3n) is 4.06. The van der Waals surface area contributed by atoms with E-state index in [0.717, 1.165) is 5.56 Å². The van der Waals surface area contributed by atoms with E-state index in [0.29, 0.717) is 12.8 Å². The quantitative estimate of drug-likeness (QED) is 0.649. The van der Waals surface area contributed by atoms with Crippen molar-refractivity contribution in [3.63, 3.8) is 0 Å². The van der Waals surface area contributed by atoms with Gasteiger partial charge in [-0.1, -0.05) is 12.1 Å². The molecule has 7 nitrogen and oxygen atoms in total. The van der Waals surface area contributed by atoms with Crippen molar-refractivity contribution in [3.05, 3.63) is 39.9 Å². The maximum absolute atomic E-state index is 11.2. The molecule has 0 radical (unpaired) electrons. The summed E-state index contributed by atoms with van der Waals surface area (Å²) in [5.41, 5.74) is 0.795. The van der Waals surface area contributed by atoms with Gasteiger partial charge in [0.15, 0.2) is 0 Å². The number of benzene rings is 1. The highest BCUT2D eigenvalue weighted by molar-refractivity contribution is 5.80. The Labute approximate surface area is 120 Å². The smallest absolute Gasteiger partial charge is 0.307 e. The first-order valence-electron chi connectivity index (χ1n) is 6.60. The lowest BCUT2D eigenvalue weighted by Crippen LogP contribution is -2.35. The van der Waals surface area contributed by atoms with Gasteiger partial charge in [-0.05, 0) is 30.7 Å². The van der Waals surface area contributed by atoms with Gasteiger partial charge >= 0.3 is 11.9 Å². The topological polar surface area (TPSA) is 118 Å². The summed E-state index contributed by atoms with van der Waals surface area (Å²) in [5, 5.41) is 28.9. The summed E-state index contributed by atoms with van der Waals surface area (Å²) < 4.78 is 0. The number of hydrogen-bond donors (Lipinski definition) is 2. The molecule has 0 amide bonds. The zero-order valence-electron chi connectivity index (χ0n) is 11.1. The van der Waals surface area contributed by atoms with E-state index >= 15 is 0 Å². The molecule has 0 saturated heterocycles.